The molecule has 0 saturated heterocycles. The van der Waals surface area contributed by atoms with Gasteiger partial charge in [0.2, 0.25) is 0 Å². The molecule has 0 saturated carbocycles. The molecule has 9 aromatic rings. The smallest absolute Gasteiger partial charge is 0.164 e. The van der Waals surface area contributed by atoms with Gasteiger partial charge in [-0.3, -0.25) is 4.98 Å². The number of hydrogen-bond donors (Lipinski definition) is 0. The summed E-state index contributed by atoms with van der Waals surface area (Å²) in [5, 5.41) is 3.10. The average Bonchev–Trinajstić information content (AvgIpc) is 3.53. The van der Waals surface area contributed by atoms with Crippen LogP contribution in [-0.4, -0.2) is 24.9 Å². The molecule has 4 heterocycles. The Balaban J connectivity index is 1.14. The number of aromatic nitrogens is 5. The van der Waals surface area contributed by atoms with Crippen molar-refractivity contribution in [2.24, 2.45) is 0 Å². The Hall–Kier alpha value is -6.53. The number of nitrogens with zero attached hydrogens (tertiary/aromatic N) is 5. The maximum absolute atomic E-state index is 6.41. The number of rotatable bonds is 5. The number of benzene rings is 5. The number of pyridine rings is 2. The third-order valence-electron chi connectivity index (χ3n) is 8.38. The van der Waals surface area contributed by atoms with Gasteiger partial charge in [0.25, 0.3) is 0 Å². The Morgan fingerprint density at radius 1 is 0.426 bits per heavy atom. The van der Waals surface area contributed by atoms with E-state index >= 15 is 0 Å². The first-order valence-electron chi connectivity index (χ1n) is 15.4. The molecule has 9 rings (SSSR count). The van der Waals surface area contributed by atoms with Gasteiger partial charge >= 0.3 is 0 Å². The Labute approximate surface area is 270 Å². The van der Waals surface area contributed by atoms with Crippen molar-refractivity contribution in [1.29, 1.82) is 0 Å². The minimum absolute atomic E-state index is 0.619. The molecule has 0 fully saturated rings. The van der Waals surface area contributed by atoms with Crippen LogP contribution >= 0.6 is 0 Å². The summed E-state index contributed by atoms with van der Waals surface area (Å²) in [5.74, 6) is 1.89. The first-order chi connectivity index (χ1) is 23.3. The van der Waals surface area contributed by atoms with E-state index in [9.17, 15) is 0 Å². The van der Waals surface area contributed by atoms with E-state index in [2.05, 4.69) is 41.4 Å². The summed E-state index contributed by atoms with van der Waals surface area (Å²) in [4.78, 5) is 24.3. The predicted molar refractivity (Wildman–Crippen MR) is 187 cm³/mol. The minimum Gasteiger partial charge on any atom is -0.454 e. The van der Waals surface area contributed by atoms with Gasteiger partial charge in [0.1, 0.15) is 11.3 Å². The van der Waals surface area contributed by atoms with Crippen molar-refractivity contribution in [2.45, 2.75) is 0 Å². The molecular weight excluding hydrogens is 578 g/mol. The standard InChI is InChI=1S/C41H25N5O/c1-3-11-27(12-4-1)39-44-40(28-13-5-2-6-14-28)46-41(45-39)31-16-9-15-29(24-31)30-19-21-36-33(25-30)32-22-23-42-37(38(32)47-36)35-20-18-26-10-7-8-17-34(26)43-35/h1-25H. The molecule has 0 aliphatic rings. The number of hydrogen-bond acceptors (Lipinski definition) is 6. The highest BCUT2D eigenvalue weighted by molar-refractivity contribution is 6.09. The maximum Gasteiger partial charge on any atom is 0.164 e. The van der Waals surface area contributed by atoms with E-state index in [0.717, 1.165) is 72.0 Å². The van der Waals surface area contributed by atoms with Crippen LogP contribution in [0, 0.1) is 0 Å². The summed E-state index contributed by atoms with van der Waals surface area (Å²) in [6, 6.07) is 48.8. The van der Waals surface area contributed by atoms with Crippen LogP contribution in [0.1, 0.15) is 0 Å². The molecule has 0 aliphatic heterocycles. The fourth-order valence-electron chi connectivity index (χ4n) is 6.04. The fraction of sp³-hybridized carbons (Fsp3) is 0. The van der Waals surface area contributed by atoms with Crippen LogP contribution in [0.3, 0.4) is 0 Å². The van der Waals surface area contributed by atoms with Crippen molar-refractivity contribution in [3.8, 4) is 56.7 Å². The lowest BCUT2D eigenvalue weighted by atomic mass is 10.0. The highest BCUT2D eigenvalue weighted by atomic mass is 16.3. The third kappa shape index (κ3) is 4.89. The van der Waals surface area contributed by atoms with Gasteiger partial charge in [-0.25, -0.2) is 19.9 Å². The van der Waals surface area contributed by atoms with Crippen molar-refractivity contribution in [2.75, 3.05) is 0 Å². The van der Waals surface area contributed by atoms with E-state index in [1.165, 1.54) is 0 Å². The SMILES string of the molecule is c1ccc(-c2nc(-c3ccccc3)nc(-c3cccc(-c4ccc5oc6c(-c7ccc8ccccc8n7)nccc6c5c4)c3)n2)cc1. The van der Waals surface area contributed by atoms with E-state index in [0.29, 0.717) is 17.5 Å². The van der Waals surface area contributed by atoms with Gasteiger partial charge in [-0.15, -0.1) is 0 Å². The fourth-order valence-corrected chi connectivity index (χ4v) is 6.04. The van der Waals surface area contributed by atoms with Gasteiger partial charge in [0.15, 0.2) is 23.1 Å². The Bertz CT molecular complexity index is 2520. The second-order valence-corrected chi connectivity index (χ2v) is 11.4. The number of furan rings is 1. The summed E-state index contributed by atoms with van der Waals surface area (Å²) in [5.41, 5.74) is 8.85. The van der Waals surface area contributed by atoms with E-state index in [1.54, 1.807) is 0 Å². The molecule has 6 heteroatoms. The maximum atomic E-state index is 6.41. The third-order valence-corrected chi connectivity index (χ3v) is 8.38. The molecule has 0 bridgehead atoms. The average molecular weight is 604 g/mol. The predicted octanol–water partition coefficient (Wildman–Crippen LogP) is 10.0. The Morgan fingerprint density at radius 2 is 1.06 bits per heavy atom. The topological polar surface area (TPSA) is 77.6 Å². The normalized spacial score (nSPS) is 11.4. The number of fused-ring (bicyclic) bond motifs is 4. The van der Waals surface area contributed by atoms with Crippen molar-refractivity contribution >= 4 is 32.8 Å². The van der Waals surface area contributed by atoms with E-state index < -0.39 is 0 Å². The van der Waals surface area contributed by atoms with E-state index in [1.807, 2.05) is 115 Å². The van der Waals surface area contributed by atoms with Crippen LogP contribution in [0.25, 0.3) is 89.5 Å². The van der Waals surface area contributed by atoms with Crippen LogP contribution in [0.4, 0.5) is 0 Å². The molecule has 220 valence electrons. The molecule has 47 heavy (non-hydrogen) atoms. The van der Waals surface area contributed by atoms with Crippen molar-refractivity contribution in [1.82, 2.24) is 24.9 Å². The number of para-hydroxylation sites is 1. The lowest BCUT2D eigenvalue weighted by molar-refractivity contribution is 0.668. The summed E-state index contributed by atoms with van der Waals surface area (Å²) >= 11 is 0. The van der Waals surface area contributed by atoms with E-state index in [4.69, 9.17) is 24.4 Å². The molecular formula is C41H25N5O. The molecule has 0 spiro atoms. The Kier molecular flexibility index (Phi) is 6.35. The highest BCUT2D eigenvalue weighted by Gasteiger charge is 2.17. The quantitative estimate of drug-likeness (QED) is 0.195. The largest absolute Gasteiger partial charge is 0.454 e. The van der Waals surface area contributed by atoms with Crippen LogP contribution in [0.15, 0.2) is 156 Å². The molecule has 0 unspecified atom stereocenters. The minimum atomic E-state index is 0.619. The van der Waals surface area contributed by atoms with Crippen LogP contribution in [-0.2, 0) is 0 Å². The van der Waals surface area contributed by atoms with Crippen molar-refractivity contribution < 1.29 is 4.42 Å². The summed E-state index contributed by atoms with van der Waals surface area (Å²) in [7, 11) is 0. The van der Waals surface area contributed by atoms with Crippen LogP contribution in [0.2, 0.25) is 0 Å². The highest BCUT2D eigenvalue weighted by Crippen LogP contribution is 2.37. The monoisotopic (exact) mass is 603 g/mol. The van der Waals surface area contributed by atoms with Crippen LogP contribution in [0.5, 0.6) is 0 Å². The summed E-state index contributed by atoms with van der Waals surface area (Å²) < 4.78 is 6.41. The molecule has 0 radical (unpaired) electrons. The second-order valence-electron chi connectivity index (χ2n) is 11.4. The van der Waals surface area contributed by atoms with Gasteiger partial charge in [0.05, 0.1) is 11.2 Å². The first kappa shape index (κ1) is 26.8. The van der Waals surface area contributed by atoms with Crippen molar-refractivity contribution in [3.63, 3.8) is 0 Å². The van der Waals surface area contributed by atoms with Gasteiger partial charge < -0.3 is 4.42 Å². The molecule has 0 amide bonds. The van der Waals surface area contributed by atoms with Crippen LogP contribution < -0.4 is 0 Å². The molecule has 0 atom stereocenters. The zero-order valence-corrected chi connectivity index (χ0v) is 25.1. The second kappa shape index (κ2) is 11.1. The zero-order valence-electron chi connectivity index (χ0n) is 25.1. The lowest BCUT2D eigenvalue weighted by Gasteiger charge is -2.09. The Morgan fingerprint density at radius 3 is 1.83 bits per heavy atom. The summed E-state index contributed by atoms with van der Waals surface area (Å²) in [6.07, 6.45) is 1.83. The molecule has 0 N–H and O–H groups in total. The molecule has 0 aliphatic carbocycles. The van der Waals surface area contributed by atoms with Gasteiger partial charge in [-0.2, -0.15) is 0 Å². The molecule has 4 aromatic heterocycles. The lowest BCUT2D eigenvalue weighted by Crippen LogP contribution is -2.00. The van der Waals surface area contributed by atoms with E-state index in [-0.39, 0.29) is 0 Å². The molecule has 5 aromatic carbocycles. The van der Waals surface area contributed by atoms with Gasteiger partial charge in [-0.1, -0.05) is 109 Å². The van der Waals surface area contributed by atoms with Gasteiger partial charge in [0, 0.05) is 39.0 Å². The van der Waals surface area contributed by atoms with Crippen molar-refractivity contribution in [3.05, 3.63) is 152 Å². The molecule has 6 nitrogen and oxygen atoms in total. The first-order valence-corrected chi connectivity index (χ1v) is 15.4. The zero-order chi connectivity index (χ0) is 31.2. The van der Waals surface area contributed by atoms with Gasteiger partial charge in [-0.05, 0) is 47.5 Å². The summed E-state index contributed by atoms with van der Waals surface area (Å²) in [6.45, 7) is 0.